The van der Waals surface area contributed by atoms with Gasteiger partial charge in [-0.1, -0.05) is 17.3 Å². The standard InChI is InChI=1S/C12H17FN4O/c13-10-3-1-2-4-11(10)17-7-5-16(6-8-17)9-12(14)15-18/h1-4,18H,5-9H2,(H2,14,15). The summed E-state index contributed by atoms with van der Waals surface area (Å²) in [7, 11) is 0. The van der Waals surface area contributed by atoms with E-state index in [1.165, 1.54) is 6.07 Å². The van der Waals surface area contributed by atoms with Crippen LogP contribution in [0.25, 0.3) is 0 Å². The molecule has 0 aromatic heterocycles. The van der Waals surface area contributed by atoms with Gasteiger partial charge in [0.25, 0.3) is 0 Å². The van der Waals surface area contributed by atoms with Crippen LogP contribution in [0.5, 0.6) is 0 Å². The summed E-state index contributed by atoms with van der Waals surface area (Å²) >= 11 is 0. The molecule has 5 nitrogen and oxygen atoms in total. The lowest BCUT2D eigenvalue weighted by Crippen LogP contribution is -2.49. The number of nitrogens with two attached hydrogens (primary N) is 1. The van der Waals surface area contributed by atoms with Crippen molar-refractivity contribution in [2.24, 2.45) is 10.9 Å². The Labute approximate surface area is 105 Å². The number of amidine groups is 1. The van der Waals surface area contributed by atoms with Gasteiger partial charge in [-0.05, 0) is 12.1 Å². The van der Waals surface area contributed by atoms with Gasteiger partial charge < -0.3 is 15.8 Å². The minimum absolute atomic E-state index is 0.192. The molecule has 1 aromatic rings. The number of oxime groups is 1. The second kappa shape index (κ2) is 5.68. The Balaban J connectivity index is 1.93. The van der Waals surface area contributed by atoms with Crippen LogP contribution in [0.1, 0.15) is 0 Å². The molecule has 0 unspecified atom stereocenters. The van der Waals surface area contributed by atoms with Gasteiger partial charge in [0.2, 0.25) is 0 Å². The van der Waals surface area contributed by atoms with Crippen LogP contribution in [-0.4, -0.2) is 48.7 Å². The molecule has 0 radical (unpaired) electrons. The first-order valence-electron chi connectivity index (χ1n) is 5.89. The third kappa shape index (κ3) is 2.89. The zero-order valence-electron chi connectivity index (χ0n) is 10.1. The van der Waals surface area contributed by atoms with Crippen molar-refractivity contribution in [2.75, 3.05) is 37.6 Å². The summed E-state index contributed by atoms with van der Waals surface area (Å²) in [6, 6.07) is 6.78. The molecular weight excluding hydrogens is 235 g/mol. The lowest BCUT2D eigenvalue weighted by molar-refractivity contribution is 0.278. The first-order chi connectivity index (χ1) is 8.70. The zero-order chi connectivity index (χ0) is 13.0. The number of hydrogen-bond acceptors (Lipinski definition) is 4. The molecule has 0 aliphatic carbocycles. The molecule has 0 bridgehead atoms. The van der Waals surface area contributed by atoms with Crippen LogP contribution >= 0.6 is 0 Å². The topological polar surface area (TPSA) is 65.1 Å². The molecule has 1 aliphatic heterocycles. The molecule has 2 rings (SSSR count). The van der Waals surface area contributed by atoms with Crippen LogP contribution in [0.3, 0.4) is 0 Å². The molecular formula is C12H17FN4O. The predicted molar refractivity (Wildman–Crippen MR) is 68.5 cm³/mol. The van der Waals surface area contributed by atoms with Crippen LogP contribution in [0.15, 0.2) is 29.4 Å². The molecule has 0 spiro atoms. The number of para-hydroxylation sites is 1. The summed E-state index contributed by atoms with van der Waals surface area (Å²) in [5.74, 6) is 0.0109. The highest BCUT2D eigenvalue weighted by atomic mass is 19.1. The number of rotatable bonds is 3. The third-order valence-corrected chi connectivity index (χ3v) is 3.08. The van der Waals surface area contributed by atoms with Crippen molar-refractivity contribution >= 4 is 11.5 Å². The van der Waals surface area contributed by atoms with Crippen LogP contribution < -0.4 is 10.6 Å². The predicted octanol–water partition coefficient (Wildman–Crippen LogP) is 0.694. The van der Waals surface area contributed by atoms with E-state index in [2.05, 4.69) is 10.1 Å². The molecule has 6 heteroatoms. The Kier molecular flexibility index (Phi) is 3.99. The van der Waals surface area contributed by atoms with Gasteiger partial charge in [-0.25, -0.2) is 4.39 Å². The van der Waals surface area contributed by atoms with E-state index in [-0.39, 0.29) is 11.7 Å². The third-order valence-electron chi connectivity index (χ3n) is 3.08. The van der Waals surface area contributed by atoms with Crippen LogP contribution in [0.4, 0.5) is 10.1 Å². The van der Waals surface area contributed by atoms with Gasteiger partial charge >= 0.3 is 0 Å². The van der Waals surface area contributed by atoms with Crippen molar-refractivity contribution in [2.45, 2.75) is 0 Å². The Morgan fingerprint density at radius 3 is 2.56 bits per heavy atom. The van der Waals surface area contributed by atoms with E-state index in [1.807, 2.05) is 11.0 Å². The van der Waals surface area contributed by atoms with Gasteiger partial charge in [-0.2, -0.15) is 0 Å². The summed E-state index contributed by atoms with van der Waals surface area (Å²) < 4.78 is 13.6. The Morgan fingerprint density at radius 1 is 1.28 bits per heavy atom. The fourth-order valence-electron chi connectivity index (χ4n) is 2.12. The summed E-state index contributed by atoms with van der Waals surface area (Å²) in [6.07, 6.45) is 0. The Bertz CT molecular complexity index is 430. The first-order valence-corrected chi connectivity index (χ1v) is 5.89. The monoisotopic (exact) mass is 252 g/mol. The minimum atomic E-state index is -0.192. The van der Waals surface area contributed by atoms with Crippen molar-refractivity contribution in [1.82, 2.24) is 4.90 Å². The summed E-state index contributed by atoms with van der Waals surface area (Å²) in [6.45, 7) is 3.45. The summed E-state index contributed by atoms with van der Waals surface area (Å²) in [5, 5.41) is 11.5. The highest BCUT2D eigenvalue weighted by Crippen LogP contribution is 2.19. The van der Waals surface area contributed by atoms with Crippen molar-refractivity contribution in [3.05, 3.63) is 30.1 Å². The maximum Gasteiger partial charge on any atom is 0.153 e. The lowest BCUT2D eigenvalue weighted by atomic mass is 10.2. The normalized spacial score (nSPS) is 18.1. The van der Waals surface area contributed by atoms with Crippen molar-refractivity contribution in [3.8, 4) is 0 Å². The van der Waals surface area contributed by atoms with E-state index < -0.39 is 0 Å². The molecule has 1 fully saturated rings. The summed E-state index contributed by atoms with van der Waals surface area (Å²) in [5.41, 5.74) is 6.10. The molecule has 1 saturated heterocycles. The number of halogens is 1. The van der Waals surface area contributed by atoms with Crippen molar-refractivity contribution in [3.63, 3.8) is 0 Å². The molecule has 3 N–H and O–H groups in total. The fourth-order valence-corrected chi connectivity index (χ4v) is 2.12. The quantitative estimate of drug-likeness (QED) is 0.359. The number of hydrogen-bond donors (Lipinski definition) is 2. The van der Waals surface area contributed by atoms with Gasteiger partial charge in [-0.15, -0.1) is 0 Å². The average Bonchev–Trinajstić information content (AvgIpc) is 2.40. The Hall–Kier alpha value is -1.82. The number of anilines is 1. The molecule has 0 saturated carbocycles. The molecule has 18 heavy (non-hydrogen) atoms. The Morgan fingerprint density at radius 2 is 1.94 bits per heavy atom. The van der Waals surface area contributed by atoms with Gasteiger partial charge in [0.15, 0.2) is 5.84 Å². The van der Waals surface area contributed by atoms with E-state index in [1.54, 1.807) is 12.1 Å². The molecule has 1 aliphatic rings. The molecule has 1 aromatic carbocycles. The van der Waals surface area contributed by atoms with E-state index in [9.17, 15) is 4.39 Å². The second-order valence-corrected chi connectivity index (χ2v) is 4.31. The van der Waals surface area contributed by atoms with E-state index in [0.29, 0.717) is 12.2 Å². The van der Waals surface area contributed by atoms with Crippen molar-refractivity contribution < 1.29 is 9.60 Å². The van der Waals surface area contributed by atoms with Gasteiger partial charge in [-0.3, -0.25) is 4.90 Å². The second-order valence-electron chi connectivity index (χ2n) is 4.31. The molecule has 98 valence electrons. The molecule has 0 atom stereocenters. The smallest absolute Gasteiger partial charge is 0.153 e. The highest BCUT2D eigenvalue weighted by molar-refractivity contribution is 5.81. The molecule has 0 amide bonds. The van der Waals surface area contributed by atoms with E-state index in [4.69, 9.17) is 10.9 Å². The lowest BCUT2D eigenvalue weighted by Gasteiger charge is -2.35. The van der Waals surface area contributed by atoms with Crippen LogP contribution in [-0.2, 0) is 0 Å². The van der Waals surface area contributed by atoms with Gasteiger partial charge in [0.05, 0.1) is 12.2 Å². The van der Waals surface area contributed by atoms with Crippen LogP contribution in [0.2, 0.25) is 0 Å². The number of piperazine rings is 1. The van der Waals surface area contributed by atoms with Gasteiger partial charge in [0.1, 0.15) is 5.82 Å². The minimum Gasteiger partial charge on any atom is -0.409 e. The largest absolute Gasteiger partial charge is 0.409 e. The maximum absolute atomic E-state index is 13.6. The molecule has 1 heterocycles. The fraction of sp³-hybridized carbons (Fsp3) is 0.417. The summed E-state index contributed by atoms with van der Waals surface area (Å²) in [4.78, 5) is 4.09. The average molecular weight is 252 g/mol. The SMILES string of the molecule is N/C(CN1CCN(c2ccccc2F)CC1)=N\O. The van der Waals surface area contributed by atoms with Crippen LogP contribution in [0, 0.1) is 5.82 Å². The zero-order valence-corrected chi connectivity index (χ0v) is 10.1. The number of benzene rings is 1. The highest BCUT2D eigenvalue weighted by Gasteiger charge is 2.19. The van der Waals surface area contributed by atoms with Gasteiger partial charge in [0, 0.05) is 26.2 Å². The number of nitrogens with zero attached hydrogens (tertiary/aromatic N) is 3. The maximum atomic E-state index is 13.6. The van der Waals surface area contributed by atoms with E-state index in [0.717, 1.165) is 26.2 Å². The first kappa shape index (κ1) is 12.6. The van der Waals surface area contributed by atoms with Crippen molar-refractivity contribution in [1.29, 1.82) is 0 Å². The van der Waals surface area contributed by atoms with E-state index >= 15 is 0 Å².